The lowest BCUT2D eigenvalue weighted by Gasteiger charge is -2.35. The van der Waals surface area contributed by atoms with Crippen molar-refractivity contribution in [1.82, 2.24) is 4.90 Å². The van der Waals surface area contributed by atoms with E-state index in [1.807, 2.05) is 4.90 Å². The summed E-state index contributed by atoms with van der Waals surface area (Å²) >= 11 is 5.88. The van der Waals surface area contributed by atoms with Crippen LogP contribution in [-0.2, 0) is 10.0 Å². The molecule has 3 rings (SSSR count). The summed E-state index contributed by atoms with van der Waals surface area (Å²) in [5.74, 6) is 0.563. The molecule has 29 heavy (non-hydrogen) atoms. The highest BCUT2D eigenvalue weighted by Crippen LogP contribution is 2.31. The van der Waals surface area contributed by atoms with E-state index in [1.165, 1.54) is 18.2 Å². The Balaban J connectivity index is 1.49. The second kappa shape index (κ2) is 8.95. The second-order valence-electron chi connectivity index (χ2n) is 6.58. The molecule has 0 unspecified atom stereocenters. The van der Waals surface area contributed by atoms with E-state index in [4.69, 9.17) is 21.5 Å². The molecule has 1 aliphatic rings. The monoisotopic (exact) mass is 440 g/mol. The summed E-state index contributed by atoms with van der Waals surface area (Å²) in [6, 6.07) is 10.7. The zero-order valence-electron chi connectivity index (χ0n) is 15.5. The smallest absolute Gasteiger partial charge is 0.294 e. The lowest BCUT2D eigenvalue weighted by Crippen LogP contribution is -2.47. The van der Waals surface area contributed by atoms with Crippen LogP contribution in [-0.4, -0.2) is 57.6 Å². The fraction of sp³-hybridized carbons (Fsp3) is 0.333. The number of rotatable bonds is 7. The Bertz CT molecular complexity index is 976. The van der Waals surface area contributed by atoms with Gasteiger partial charge in [0.15, 0.2) is 0 Å². The van der Waals surface area contributed by atoms with Crippen molar-refractivity contribution >= 4 is 33.0 Å². The Morgan fingerprint density at radius 1 is 1.10 bits per heavy atom. The van der Waals surface area contributed by atoms with Gasteiger partial charge in [-0.2, -0.15) is 0 Å². The van der Waals surface area contributed by atoms with Gasteiger partial charge in [-0.25, -0.2) is 13.6 Å². The van der Waals surface area contributed by atoms with Gasteiger partial charge in [0.25, 0.3) is 5.69 Å². The lowest BCUT2D eigenvalue weighted by atomic mass is 10.2. The van der Waals surface area contributed by atoms with Crippen molar-refractivity contribution in [2.45, 2.75) is 4.90 Å². The fourth-order valence-corrected chi connectivity index (χ4v) is 3.82. The number of piperazine rings is 1. The number of hydrogen-bond donors (Lipinski definition) is 1. The number of ether oxygens (including phenoxy) is 1. The van der Waals surface area contributed by atoms with Gasteiger partial charge < -0.3 is 9.64 Å². The Kier molecular flexibility index (Phi) is 6.58. The Hall–Kier alpha value is -2.40. The number of nitro groups is 1. The van der Waals surface area contributed by atoms with E-state index < -0.39 is 14.9 Å². The van der Waals surface area contributed by atoms with Crippen LogP contribution in [0.5, 0.6) is 5.75 Å². The largest absolute Gasteiger partial charge is 0.492 e. The van der Waals surface area contributed by atoms with Crippen molar-refractivity contribution in [3.8, 4) is 5.75 Å². The van der Waals surface area contributed by atoms with E-state index in [2.05, 4.69) is 4.90 Å². The minimum atomic E-state index is -3.71. The summed E-state index contributed by atoms with van der Waals surface area (Å²) in [5, 5.41) is 16.7. The normalized spacial score (nSPS) is 15.3. The second-order valence-corrected chi connectivity index (χ2v) is 8.58. The molecule has 2 N–H and O–H groups in total. The van der Waals surface area contributed by atoms with Gasteiger partial charge >= 0.3 is 0 Å². The summed E-state index contributed by atoms with van der Waals surface area (Å²) in [7, 11) is -3.71. The number of nitrogens with zero attached hydrogens (tertiary/aromatic N) is 3. The topological polar surface area (TPSA) is 119 Å². The molecule has 2 aromatic carbocycles. The van der Waals surface area contributed by atoms with Gasteiger partial charge in [-0.15, -0.1) is 0 Å². The van der Waals surface area contributed by atoms with Crippen LogP contribution in [0.1, 0.15) is 0 Å². The van der Waals surface area contributed by atoms with Gasteiger partial charge in [0.2, 0.25) is 10.0 Å². The summed E-state index contributed by atoms with van der Waals surface area (Å²) in [5.41, 5.74) is 0.586. The molecule has 0 amide bonds. The average molecular weight is 441 g/mol. The molecule has 1 saturated heterocycles. The first-order valence-electron chi connectivity index (χ1n) is 8.91. The number of sulfonamides is 1. The molecule has 156 valence electrons. The molecule has 0 atom stereocenters. The van der Waals surface area contributed by atoms with Gasteiger partial charge in [0, 0.05) is 43.8 Å². The van der Waals surface area contributed by atoms with Gasteiger partial charge in [0.05, 0.1) is 9.82 Å². The van der Waals surface area contributed by atoms with E-state index in [-0.39, 0.29) is 10.6 Å². The van der Waals surface area contributed by atoms with Crippen LogP contribution in [0, 0.1) is 10.1 Å². The number of hydrogen-bond acceptors (Lipinski definition) is 7. The van der Waals surface area contributed by atoms with E-state index in [0.29, 0.717) is 42.7 Å². The van der Waals surface area contributed by atoms with Crippen molar-refractivity contribution in [1.29, 1.82) is 0 Å². The number of nitro benzene ring substituents is 1. The highest BCUT2D eigenvalue weighted by molar-refractivity contribution is 7.89. The third kappa shape index (κ3) is 5.57. The van der Waals surface area contributed by atoms with Crippen LogP contribution in [0.15, 0.2) is 47.4 Å². The Morgan fingerprint density at radius 3 is 2.34 bits per heavy atom. The fourth-order valence-electron chi connectivity index (χ4n) is 3.14. The van der Waals surface area contributed by atoms with Gasteiger partial charge in [-0.3, -0.25) is 15.0 Å². The first-order valence-corrected chi connectivity index (χ1v) is 10.8. The Morgan fingerprint density at radius 2 is 1.76 bits per heavy atom. The molecule has 0 saturated carbocycles. The maximum Gasteiger partial charge on any atom is 0.294 e. The van der Waals surface area contributed by atoms with E-state index in [9.17, 15) is 18.5 Å². The van der Waals surface area contributed by atoms with Crippen LogP contribution in [0.2, 0.25) is 5.02 Å². The molecule has 0 radical (unpaired) electrons. The predicted octanol–water partition coefficient (Wildman–Crippen LogP) is 2.10. The summed E-state index contributed by atoms with van der Waals surface area (Å²) in [6.45, 7) is 3.93. The highest BCUT2D eigenvalue weighted by atomic mass is 35.5. The molecule has 9 nitrogen and oxygen atoms in total. The third-order valence-corrected chi connectivity index (χ3v) is 5.84. The predicted molar refractivity (Wildman–Crippen MR) is 110 cm³/mol. The van der Waals surface area contributed by atoms with Crippen molar-refractivity contribution in [2.24, 2.45) is 5.14 Å². The molecule has 0 bridgehead atoms. The maximum absolute atomic E-state index is 11.3. The van der Waals surface area contributed by atoms with E-state index in [0.717, 1.165) is 13.1 Å². The average Bonchev–Trinajstić information content (AvgIpc) is 2.68. The van der Waals surface area contributed by atoms with Crippen molar-refractivity contribution in [3.63, 3.8) is 0 Å². The highest BCUT2D eigenvalue weighted by Gasteiger charge is 2.24. The number of primary sulfonamides is 1. The van der Waals surface area contributed by atoms with Crippen molar-refractivity contribution < 1.29 is 18.1 Å². The van der Waals surface area contributed by atoms with Crippen LogP contribution >= 0.6 is 11.6 Å². The first kappa shape index (κ1) is 21.3. The quantitative estimate of drug-likeness (QED) is 0.517. The first-order chi connectivity index (χ1) is 13.7. The molecule has 0 spiro atoms. The van der Waals surface area contributed by atoms with E-state index in [1.54, 1.807) is 24.3 Å². The molecular weight excluding hydrogens is 420 g/mol. The van der Waals surface area contributed by atoms with Crippen LogP contribution < -0.4 is 14.8 Å². The van der Waals surface area contributed by atoms with Gasteiger partial charge in [-0.1, -0.05) is 11.6 Å². The number of anilines is 1. The van der Waals surface area contributed by atoms with Crippen LogP contribution in [0.4, 0.5) is 11.4 Å². The minimum Gasteiger partial charge on any atom is -0.492 e. The molecular formula is C18H21ClN4O5S. The van der Waals surface area contributed by atoms with E-state index >= 15 is 0 Å². The molecule has 0 aromatic heterocycles. The lowest BCUT2D eigenvalue weighted by molar-refractivity contribution is -0.384. The molecule has 11 heteroatoms. The zero-order valence-corrected chi connectivity index (χ0v) is 17.1. The van der Waals surface area contributed by atoms with Gasteiger partial charge in [-0.05, 0) is 36.4 Å². The summed E-state index contributed by atoms with van der Waals surface area (Å²) < 4.78 is 28.2. The third-order valence-electron chi connectivity index (χ3n) is 4.68. The molecule has 1 aliphatic heterocycles. The number of halogens is 1. The van der Waals surface area contributed by atoms with Crippen LogP contribution in [0.25, 0.3) is 0 Å². The molecule has 0 aliphatic carbocycles. The number of benzene rings is 2. The van der Waals surface area contributed by atoms with Gasteiger partial charge in [0.1, 0.15) is 18.0 Å². The summed E-state index contributed by atoms with van der Waals surface area (Å²) in [6.07, 6.45) is 0. The van der Waals surface area contributed by atoms with Crippen molar-refractivity contribution in [3.05, 3.63) is 57.6 Å². The molecule has 1 heterocycles. The SMILES string of the molecule is NS(=O)(=O)c1ccc(OCCN2CCN(c3ccc(Cl)cc3[N+](=O)[O-])CC2)cc1. The maximum atomic E-state index is 11.3. The van der Waals surface area contributed by atoms with Crippen molar-refractivity contribution in [2.75, 3.05) is 44.2 Å². The minimum absolute atomic E-state index is 0.0113. The van der Waals surface area contributed by atoms with Crippen LogP contribution in [0.3, 0.4) is 0 Å². The number of nitrogens with two attached hydrogens (primary N) is 1. The standard InChI is InChI=1S/C18H21ClN4O5S/c19-14-1-6-17(18(13-14)23(24)25)22-9-7-21(8-10-22)11-12-28-15-2-4-16(5-3-15)29(20,26)27/h1-6,13H,7-12H2,(H2,20,26,27). The zero-order chi connectivity index (χ0) is 21.0. The molecule has 1 fully saturated rings. The molecule has 2 aromatic rings. The summed E-state index contributed by atoms with van der Waals surface area (Å²) in [4.78, 5) is 15.1. The Labute approximate surface area is 173 Å².